The summed E-state index contributed by atoms with van der Waals surface area (Å²) in [5, 5.41) is 0. The highest BCUT2D eigenvalue weighted by molar-refractivity contribution is 4.82. The van der Waals surface area contributed by atoms with Crippen LogP contribution in [0.1, 0.15) is 84.0 Å². The maximum atomic E-state index is 5.21. The Balaban J connectivity index is 2.86. The van der Waals surface area contributed by atoms with Gasteiger partial charge in [-0.05, 0) is 12.8 Å². The van der Waals surface area contributed by atoms with Gasteiger partial charge < -0.3 is 0 Å². The summed E-state index contributed by atoms with van der Waals surface area (Å²) in [6.07, 6.45) is 23.6. The third-order valence-electron chi connectivity index (χ3n) is 3.06. The molecular weight excluding hydrogens is 192 g/mol. The van der Waals surface area contributed by atoms with Crippen LogP contribution in [0.5, 0.6) is 0 Å². The molecule has 0 spiro atoms. The van der Waals surface area contributed by atoms with Crippen LogP contribution in [-0.4, -0.2) is 0 Å². The lowest BCUT2D eigenvalue weighted by Gasteiger charge is -2.01. The van der Waals surface area contributed by atoms with E-state index in [9.17, 15) is 0 Å². The lowest BCUT2D eigenvalue weighted by molar-refractivity contribution is 0.552. The zero-order valence-corrected chi connectivity index (χ0v) is 11.1. The van der Waals surface area contributed by atoms with Gasteiger partial charge in [-0.15, -0.1) is 12.3 Å². The van der Waals surface area contributed by atoms with Gasteiger partial charge in [0.05, 0.1) is 0 Å². The van der Waals surface area contributed by atoms with E-state index >= 15 is 0 Å². The van der Waals surface area contributed by atoms with E-state index in [4.69, 9.17) is 6.42 Å². The second kappa shape index (κ2) is 14.6. The van der Waals surface area contributed by atoms with E-state index in [1.165, 1.54) is 70.6 Å². The average Bonchev–Trinajstić information content (AvgIpc) is 2.31. The van der Waals surface area contributed by atoms with Crippen LogP contribution < -0.4 is 0 Å². The van der Waals surface area contributed by atoms with E-state index in [-0.39, 0.29) is 0 Å². The molecule has 0 nitrogen and oxygen atoms in total. The van der Waals surface area contributed by atoms with Gasteiger partial charge in [0.25, 0.3) is 0 Å². The molecule has 0 aliphatic heterocycles. The summed E-state index contributed by atoms with van der Waals surface area (Å²) in [4.78, 5) is 0. The SMILES string of the molecule is C#CCCCCCCCCCCCC[CH]C. The molecule has 93 valence electrons. The highest BCUT2D eigenvalue weighted by Gasteiger charge is 1.92. The molecule has 0 saturated heterocycles. The minimum atomic E-state index is 0.967. The smallest absolute Gasteiger partial charge is 0.00860 e. The number of rotatable bonds is 12. The fraction of sp³-hybridized carbons (Fsp3) is 0.812. The van der Waals surface area contributed by atoms with Crippen molar-refractivity contribution in [1.82, 2.24) is 0 Å². The van der Waals surface area contributed by atoms with Crippen molar-refractivity contribution in [3.05, 3.63) is 6.42 Å². The Kier molecular flexibility index (Phi) is 14.2. The quantitative estimate of drug-likeness (QED) is 0.300. The first kappa shape index (κ1) is 15.6. The summed E-state index contributed by atoms with van der Waals surface area (Å²) >= 11 is 0. The van der Waals surface area contributed by atoms with E-state index < -0.39 is 0 Å². The maximum Gasteiger partial charge on any atom is 0.00860 e. The van der Waals surface area contributed by atoms with Crippen molar-refractivity contribution in [2.45, 2.75) is 84.0 Å². The lowest BCUT2D eigenvalue weighted by Crippen LogP contribution is -1.82. The molecule has 0 fully saturated rings. The summed E-state index contributed by atoms with van der Waals surface area (Å²) < 4.78 is 0. The predicted molar refractivity (Wildman–Crippen MR) is 74.2 cm³/mol. The molecule has 1 radical (unpaired) electrons. The van der Waals surface area contributed by atoms with Crippen LogP contribution in [0.4, 0.5) is 0 Å². The van der Waals surface area contributed by atoms with Crippen LogP contribution in [0, 0.1) is 18.8 Å². The largest absolute Gasteiger partial charge is 0.120 e. The molecule has 0 rings (SSSR count). The van der Waals surface area contributed by atoms with Gasteiger partial charge in [0, 0.05) is 6.42 Å². The molecule has 0 amide bonds. The van der Waals surface area contributed by atoms with Crippen molar-refractivity contribution in [2.24, 2.45) is 0 Å². The molecule has 0 heterocycles. The zero-order chi connectivity index (χ0) is 11.9. The van der Waals surface area contributed by atoms with Gasteiger partial charge in [0.15, 0.2) is 0 Å². The molecule has 0 aromatic rings. The fourth-order valence-electron chi connectivity index (χ4n) is 1.99. The van der Waals surface area contributed by atoms with Crippen molar-refractivity contribution in [3.63, 3.8) is 0 Å². The van der Waals surface area contributed by atoms with Crippen LogP contribution in [0.25, 0.3) is 0 Å². The van der Waals surface area contributed by atoms with Crippen molar-refractivity contribution >= 4 is 0 Å². The highest BCUT2D eigenvalue weighted by atomic mass is 14.0. The lowest BCUT2D eigenvalue weighted by atomic mass is 10.0. The molecule has 16 heavy (non-hydrogen) atoms. The highest BCUT2D eigenvalue weighted by Crippen LogP contribution is 2.11. The standard InChI is InChI=1S/C16H29/c1-3-5-7-9-11-13-15-16-14-12-10-8-6-4-2/h1,4H,5-16H2,2H3. The molecule has 0 atom stereocenters. The monoisotopic (exact) mass is 221 g/mol. The van der Waals surface area contributed by atoms with Gasteiger partial charge in [-0.2, -0.15) is 0 Å². The minimum Gasteiger partial charge on any atom is -0.120 e. The summed E-state index contributed by atoms with van der Waals surface area (Å²) in [5.41, 5.74) is 0. The third-order valence-corrected chi connectivity index (χ3v) is 3.06. The van der Waals surface area contributed by atoms with Gasteiger partial charge in [0.1, 0.15) is 0 Å². The Bertz CT molecular complexity index is 152. The summed E-state index contributed by atoms with van der Waals surface area (Å²) in [5.74, 6) is 2.70. The third kappa shape index (κ3) is 13.6. The molecule has 0 saturated carbocycles. The second-order valence-corrected chi connectivity index (χ2v) is 4.69. The molecule has 0 aliphatic rings. The number of hydrogen-bond acceptors (Lipinski definition) is 0. The Morgan fingerprint density at radius 3 is 1.62 bits per heavy atom. The Labute approximate surface area is 103 Å². The van der Waals surface area contributed by atoms with E-state index in [2.05, 4.69) is 19.3 Å². The van der Waals surface area contributed by atoms with E-state index in [0.717, 1.165) is 6.42 Å². The molecule has 0 bridgehead atoms. The second-order valence-electron chi connectivity index (χ2n) is 4.69. The first-order valence-corrected chi connectivity index (χ1v) is 7.13. The van der Waals surface area contributed by atoms with Crippen molar-refractivity contribution < 1.29 is 0 Å². The average molecular weight is 221 g/mol. The van der Waals surface area contributed by atoms with Crippen LogP contribution >= 0.6 is 0 Å². The Hall–Kier alpha value is -0.440. The van der Waals surface area contributed by atoms with Crippen molar-refractivity contribution in [1.29, 1.82) is 0 Å². The van der Waals surface area contributed by atoms with E-state index in [1.807, 2.05) is 0 Å². The Morgan fingerprint density at radius 2 is 1.19 bits per heavy atom. The molecule has 0 aromatic carbocycles. The van der Waals surface area contributed by atoms with Crippen LogP contribution in [0.15, 0.2) is 0 Å². The molecule has 0 N–H and O–H groups in total. The fourth-order valence-corrected chi connectivity index (χ4v) is 1.99. The zero-order valence-electron chi connectivity index (χ0n) is 11.1. The van der Waals surface area contributed by atoms with Crippen molar-refractivity contribution in [3.8, 4) is 12.3 Å². The van der Waals surface area contributed by atoms with E-state index in [1.54, 1.807) is 0 Å². The summed E-state index contributed by atoms with van der Waals surface area (Å²) in [7, 11) is 0. The first-order valence-electron chi connectivity index (χ1n) is 7.13. The van der Waals surface area contributed by atoms with Gasteiger partial charge in [0.2, 0.25) is 0 Å². The number of terminal acetylenes is 1. The van der Waals surface area contributed by atoms with Crippen LogP contribution in [-0.2, 0) is 0 Å². The van der Waals surface area contributed by atoms with Gasteiger partial charge in [-0.25, -0.2) is 0 Å². The molecule has 0 aliphatic carbocycles. The maximum absolute atomic E-state index is 5.21. The molecule has 0 unspecified atom stereocenters. The van der Waals surface area contributed by atoms with Gasteiger partial charge in [-0.3, -0.25) is 0 Å². The molecule has 0 aromatic heterocycles. The predicted octanol–water partition coefficient (Wildman–Crippen LogP) is 5.52. The van der Waals surface area contributed by atoms with Gasteiger partial charge >= 0.3 is 0 Å². The molecule has 0 heteroatoms. The molecular formula is C16H29. The van der Waals surface area contributed by atoms with Crippen LogP contribution in [0.2, 0.25) is 0 Å². The minimum absolute atomic E-state index is 0.967. The number of unbranched alkanes of at least 4 members (excludes halogenated alkanes) is 12. The normalized spacial score (nSPS) is 10.2. The van der Waals surface area contributed by atoms with E-state index in [0.29, 0.717) is 0 Å². The summed E-state index contributed by atoms with van der Waals surface area (Å²) in [6.45, 7) is 2.15. The first-order chi connectivity index (χ1) is 7.91. The Morgan fingerprint density at radius 1 is 0.750 bits per heavy atom. The summed E-state index contributed by atoms with van der Waals surface area (Å²) in [6, 6.07) is 0. The van der Waals surface area contributed by atoms with Crippen LogP contribution in [0.3, 0.4) is 0 Å². The van der Waals surface area contributed by atoms with Gasteiger partial charge in [-0.1, -0.05) is 71.1 Å². The topological polar surface area (TPSA) is 0 Å². The van der Waals surface area contributed by atoms with Crippen molar-refractivity contribution in [2.75, 3.05) is 0 Å². The number of hydrogen-bond donors (Lipinski definition) is 0.